The van der Waals surface area contributed by atoms with Crippen molar-refractivity contribution in [2.24, 2.45) is 0 Å². The fourth-order valence-corrected chi connectivity index (χ4v) is 3.54. The van der Waals surface area contributed by atoms with Gasteiger partial charge in [-0.2, -0.15) is 0 Å². The normalized spacial score (nSPS) is 12.1. The minimum absolute atomic E-state index is 0.0972. The van der Waals surface area contributed by atoms with Crippen molar-refractivity contribution in [2.45, 2.75) is 26.3 Å². The number of amides is 1. The van der Waals surface area contributed by atoms with Crippen LogP contribution in [0.25, 0.3) is 0 Å². The van der Waals surface area contributed by atoms with Gasteiger partial charge in [-0.3, -0.25) is 4.79 Å². The van der Waals surface area contributed by atoms with Gasteiger partial charge in [-0.25, -0.2) is 0 Å². The highest BCUT2D eigenvalue weighted by Crippen LogP contribution is 2.23. The van der Waals surface area contributed by atoms with Crippen LogP contribution in [-0.4, -0.2) is 17.6 Å². The lowest BCUT2D eigenvalue weighted by molar-refractivity contribution is -0.675. The van der Waals surface area contributed by atoms with Crippen molar-refractivity contribution in [1.29, 1.82) is 0 Å². The van der Waals surface area contributed by atoms with Gasteiger partial charge < -0.3 is 15.2 Å². The Morgan fingerprint density at radius 2 is 2.12 bits per heavy atom. The number of thiophene rings is 1. The molecule has 1 atom stereocenters. The van der Waals surface area contributed by atoms with Gasteiger partial charge in [0.25, 0.3) is 5.91 Å². The van der Waals surface area contributed by atoms with Crippen LogP contribution >= 0.6 is 11.3 Å². The summed E-state index contributed by atoms with van der Waals surface area (Å²) in [6, 6.07) is 14.6. The molecule has 0 saturated carbocycles. The summed E-state index contributed by atoms with van der Waals surface area (Å²) in [5.41, 5.74) is 2.51. The van der Waals surface area contributed by atoms with E-state index in [-0.39, 0.29) is 11.9 Å². The number of quaternary nitrogens is 1. The van der Waals surface area contributed by atoms with Crippen LogP contribution in [-0.2, 0) is 11.2 Å². The molecule has 0 aliphatic rings. The number of aryl methyl sites for hydroxylation is 2. The van der Waals surface area contributed by atoms with Gasteiger partial charge in [-0.1, -0.05) is 42.4 Å². The average Bonchev–Trinajstić information content (AvgIpc) is 3.28. The topological polar surface area (TPSA) is 71.7 Å². The van der Waals surface area contributed by atoms with E-state index >= 15 is 0 Å². The molecule has 0 saturated heterocycles. The summed E-state index contributed by atoms with van der Waals surface area (Å²) in [6.07, 6.45) is 1.02. The predicted octanol–water partition coefficient (Wildman–Crippen LogP) is 2.90. The first-order valence-corrected chi connectivity index (χ1v) is 9.22. The van der Waals surface area contributed by atoms with Crippen molar-refractivity contribution in [3.8, 4) is 0 Å². The number of rotatable bonds is 7. The van der Waals surface area contributed by atoms with Crippen molar-refractivity contribution in [1.82, 2.24) is 5.16 Å². The Labute approximate surface area is 151 Å². The lowest BCUT2D eigenvalue weighted by atomic mass is 10.0. The molecule has 3 N–H and O–H groups in total. The Hall–Kier alpha value is -2.44. The first-order valence-electron chi connectivity index (χ1n) is 8.34. The highest BCUT2D eigenvalue weighted by atomic mass is 32.1. The number of nitrogens with one attached hydrogen (secondary N) is 1. The van der Waals surface area contributed by atoms with Crippen LogP contribution < -0.4 is 10.6 Å². The molecule has 130 valence electrons. The first-order chi connectivity index (χ1) is 12.2. The van der Waals surface area contributed by atoms with Crippen LogP contribution in [0.5, 0.6) is 0 Å². The van der Waals surface area contributed by atoms with Crippen molar-refractivity contribution >= 4 is 23.1 Å². The van der Waals surface area contributed by atoms with Crippen molar-refractivity contribution in [3.05, 3.63) is 69.6 Å². The third kappa shape index (κ3) is 4.55. The Morgan fingerprint density at radius 1 is 1.32 bits per heavy atom. The molecule has 0 spiro atoms. The number of nitrogens with two attached hydrogens (primary N) is 1. The molecule has 2 heterocycles. The fourth-order valence-electron chi connectivity index (χ4n) is 2.69. The van der Waals surface area contributed by atoms with Crippen LogP contribution in [0.1, 0.15) is 34.7 Å². The molecule has 0 radical (unpaired) electrons. The van der Waals surface area contributed by atoms with E-state index in [2.05, 4.69) is 58.4 Å². The van der Waals surface area contributed by atoms with Gasteiger partial charge in [0.05, 0.1) is 4.88 Å². The zero-order valence-corrected chi connectivity index (χ0v) is 15.2. The van der Waals surface area contributed by atoms with E-state index in [1.165, 1.54) is 16.0 Å². The second kappa shape index (κ2) is 8.09. The third-order valence-corrected chi connectivity index (χ3v) is 4.99. The van der Waals surface area contributed by atoms with Crippen LogP contribution in [0.3, 0.4) is 0 Å². The molecule has 0 aliphatic heterocycles. The first kappa shape index (κ1) is 17.4. The van der Waals surface area contributed by atoms with Crippen molar-refractivity contribution in [2.75, 3.05) is 11.9 Å². The Morgan fingerprint density at radius 3 is 2.72 bits per heavy atom. The number of aromatic nitrogens is 1. The van der Waals surface area contributed by atoms with E-state index in [1.807, 2.05) is 6.07 Å². The van der Waals surface area contributed by atoms with Gasteiger partial charge >= 0.3 is 0 Å². The van der Waals surface area contributed by atoms with Gasteiger partial charge in [-0.05, 0) is 30.4 Å². The van der Waals surface area contributed by atoms with Crippen LogP contribution in [0.15, 0.2) is 52.4 Å². The Bertz CT molecular complexity index is 810. The number of benzene rings is 1. The molecular weight excluding hydrogens is 334 g/mol. The highest BCUT2D eigenvalue weighted by molar-refractivity contribution is 7.10. The summed E-state index contributed by atoms with van der Waals surface area (Å²) < 4.78 is 4.97. The third-order valence-electron chi connectivity index (χ3n) is 4.03. The maximum Gasteiger partial charge on any atom is 0.280 e. The molecule has 3 aromatic rings. The van der Waals surface area contributed by atoms with Crippen LogP contribution in [0.4, 0.5) is 5.82 Å². The molecule has 1 amide bonds. The summed E-state index contributed by atoms with van der Waals surface area (Å²) in [7, 11) is 0. The van der Waals surface area contributed by atoms with Gasteiger partial charge in [-0.15, -0.1) is 11.3 Å². The number of carbonyl (C=O) groups excluding carboxylic acids is 1. The molecule has 6 heteroatoms. The average molecular weight is 356 g/mol. The fraction of sp³-hybridized carbons (Fsp3) is 0.263. The van der Waals surface area contributed by atoms with E-state index in [4.69, 9.17) is 4.52 Å². The van der Waals surface area contributed by atoms with Crippen LogP contribution in [0, 0.1) is 6.92 Å². The zero-order valence-electron chi connectivity index (χ0n) is 14.4. The second-order valence-electron chi connectivity index (χ2n) is 5.90. The van der Waals surface area contributed by atoms with Gasteiger partial charge in [0.2, 0.25) is 0 Å². The Kier molecular flexibility index (Phi) is 5.63. The van der Waals surface area contributed by atoms with E-state index < -0.39 is 0 Å². The molecule has 3 rings (SSSR count). The summed E-state index contributed by atoms with van der Waals surface area (Å²) in [4.78, 5) is 13.4. The van der Waals surface area contributed by atoms with E-state index in [9.17, 15) is 4.79 Å². The molecule has 2 aromatic heterocycles. The number of anilines is 1. The maximum atomic E-state index is 12.2. The van der Waals surface area contributed by atoms with E-state index in [0.717, 1.165) is 6.42 Å². The summed E-state index contributed by atoms with van der Waals surface area (Å²) in [6.45, 7) is 4.25. The van der Waals surface area contributed by atoms with Crippen molar-refractivity contribution in [3.63, 3.8) is 0 Å². The van der Waals surface area contributed by atoms with E-state index in [1.54, 1.807) is 24.3 Å². The summed E-state index contributed by atoms with van der Waals surface area (Å²) in [5.74, 6) is 1.03. The number of hydrogen-bond acceptors (Lipinski definition) is 4. The van der Waals surface area contributed by atoms with E-state index in [0.29, 0.717) is 18.1 Å². The second-order valence-corrected chi connectivity index (χ2v) is 6.88. The van der Waals surface area contributed by atoms with Crippen molar-refractivity contribution < 1.29 is 14.6 Å². The monoisotopic (exact) mass is 356 g/mol. The molecule has 25 heavy (non-hydrogen) atoms. The summed E-state index contributed by atoms with van der Waals surface area (Å²) in [5, 5.41) is 10.7. The van der Waals surface area contributed by atoms with Gasteiger partial charge in [0, 0.05) is 11.6 Å². The standard InChI is InChI=1S/C19H21N3O2S/c1-3-14-6-8-15(9-7-14)19(16-5-4-10-25-16)20-12-18(23)21-17-11-13(2)24-22-17/h4-11,19-20H,3,12H2,1-2H3,(H,21,22,23)/p+1/t19-/m1/s1. The zero-order chi connectivity index (χ0) is 17.6. The molecular formula is C19H22N3O2S+. The number of carbonyl (C=O) groups is 1. The molecule has 0 unspecified atom stereocenters. The predicted molar refractivity (Wildman–Crippen MR) is 98.6 cm³/mol. The largest absolute Gasteiger partial charge is 0.360 e. The molecule has 1 aromatic carbocycles. The highest BCUT2D eigenvalue weighted by Gasteiger charge is 2.20. The number of nitrogens with zero attached hydrogens (tertiary/aromatic N) is 1. The lowest BCUT2D eigenvalue weighted by Crippen LogP contribution is -2.87. The summed E-state index contributed by atoms with van der Waals surface area (Å²) >= 11 is 1.70. The minimum atomic E-state index is -0.0972. The SMILES string of the molecule is CCc1ccc([C@@H]([NH2+]CC(=O)Nc2cc(C)on2)c2cccs2)cc1. The molecule has 5 nitrogen and oxygen atoms in total. The van der Waals surface area contributed by atoms with Gasteiger partial charge in [0.1, 0.15) is 11.8 Å². The number of hydrogen-bond donors (Lipinski definition) is 2. The molecule has 0 fully saturated rings. The minimum Gasteiger partial charge on any atom is -0.360 e. The maximum absolute atomic E-state index is 12.2. The Balaban J connectivity index is 1.68. The quantitative estimate of drug-likeness (QED) is 0.684. The smallest absolute Gasteiger partial charge is 0.280 e. The van der Waals surface area contributed by atoms with Gasteiger partial charge in [0.15, 0.2) is 12.4 Å². The van der Waals surface area contributed by atoms with Crippen LogP contribution in [0.2, 0.25) is 0 Å². The molecule has 0 bridgehead atoms. The lowest BCUT2D eigenvalue weighted by Gasteiger charge is -2.15. The molecule has 0 aliphatic carbocycles.